The quantitative estimate of drug-likeness (QED) is 0.457. The standard InChI is InChI=1S/C27H31F6N3O2/c28-26(29,30)20-13-18(14-21(16-20)27(31,32)33)17-34-25(38)24(19-5-4-8-23(37)15-19)36-11-9-35(10-12-36)22-6-2-1-3-7-22/h4-5,8,13-16,22,24,37H,1-3,6-7,9-12,17H2,(H,34,38). The number of alkyl halides is 6. The molecule has 0 spiro atoms. The Bertz CT molecular complexity index is 1070. The number of carbonyl (C=O) groups excluding carboxylic acids is 1. The molecule has 5 nitrogen and oxygen atoms in total. The highest BCUT2D eigenvalue weighted by Gasteiger charge is 2.37. The third-order valence-electron chi connectivity index (χ3n) is 7.35. The average Bonchev–Trinajstić information content (AvgIpc) is 2.87. The van der Waals surface area contributed by atoms with E-state index in [1.165, 1.54) is 31.4 Å². The molecule has 0 radical (unpaired) electrons. The Kier molecular flexibility index (Phi) is 8.56. The van der Waals surface area contributed by atoms with Gasteiger partial charge in [-0.15, -0.1) is 0 Å². The molecule has 1 atom stereocenters. The van der Waals surface area contributed by atoms with Crippen molar-refractivity contribution in [2.45, 2.75) is 63.1 Å². The fraction of sp³-hybridized carbons (Fsp3) is 0.519. The summed E-state index contributed by atoms with van der Waals surface area (Å²) in [5.41, 5.74) is -2.68. The van der Waals surface area contributed by atoms with Gasteiger partial charge in [0.2, 0.25) is 5.91 Å². The molecular formula is C27H31F6N3O2. The smallest absolute Gasteiger partial charge is 0.416 e. The van der Waals surface area contributed by atoms with Crippen LogP contribution in [0.3, 0.4) is 0 Å². The van der Waals surface area contributed by atoms with Gasteiger partial charge < -0.3 is 10.4 Å². The molecule has 2 aliphatic rings. The van der Waals surface area contributed by atoms with Gasteiger partial charge in [0.05, 0.1) is 11.1 Å². The maximum absolute atomic E-state index is 13.4. The normalized spacial score (nSPS) is 19.3. The number of rotatable bonds is 6. The van der Waals surface area contributed by atoms with Crippen molar-refractivity contribution in [1.29, 1.82) is 0 Å². The van der Waals surface area contributed by atoms with Crippen LogP contribution in [0.2, 0.25) is 0 Å². The maximum Gasteiger partial charge on any atom is 0.416 e. The second-order valence-corrected chi connectivity index (χ2v) is 9.99. The minimum atomic E-state index is -4.97. The van der Waals surface area contributed by atoms with Gasteiger partial charge in [0.1, 0.15) is 11.8 Å². The lowest BCUT2D eigenvalue weighted by molar-refractivity contribution is -0.143. The van der Waals surface area contributed by atoms with Crippen molar-refractivity contribution in [2.75, 3.05) is 26.2 Å². The second-order valence-electron chi connectivity index (χ2n) is 9.99. The molecule has 1 heterocycles. The molecule has 1 saturated carbocycles. The number of phenols is 1. The van der Waals surface area contributed by atoms with Crippen molar-refractivity contribution < 1.29 is 36.2 Å². The van der Waals surface area contributed by atoms with Crippen molar-refractivity contribution in [3.05, 3.63) is 64.7 Å². The van der Waals surface area contributed by atoms with Gasteiger partial charge in [0, 0.05) is 38.8 Å². The Morgan fingerprint density at radius 3 is 2.05 bits per heavy atom. The summed E-state index contributed by atoms with van der Waals surface area (Å²) >= 11 is 0. The van der Waals surface area contributed by atoms with Gasteiger partial charge >= 0.3 is 12.4 Å². The van der Waals surface area contributed by atoms with E-state index in [2.05, 4.69) is 10.2 Å². The van der Waals surface area contributed by atoms with Crippen molar-refractivity contribution in [3.8, 4) is 5.75 Å². The van der Waals surface area contributed by atoms with Crippen molar-refractivity contribution in [3.63, 3.8) is 0 Å². The van der Waals surface area contributed by atoms with Crippen LogP contribution in [0, 0.1) is 0 Å². The van der Waals surface area contributed by atoms with Gasteiger partial charge in [-0.2, -0.15) is 26.3 Å². The molecular weight excluding hydrogens is 512 g/mol. The number of nitrogens with one attached hydrogen (secondary N) is 1. The summed E-state index contributed by atoms with van der Waals surface area (Å²) in [5.74, 6) is -0.610. The number of hydrogen-bond acceptors (Lipinski definition) is 4. The molecule has 1 aliphatic heterocycles. The molecule has 4 rings (SSSR count). The van der Waals surface area contributed by atoms with Crippen LogP contribution in [0.4, 0.5) is 26.3 Å². The lowest BCUT2D eigenvalue weighted by atomic mass is 9.93. The zero-order valence-corrected chi connectivity index (χ0v) is 20.8. The number of piperazine rings is 1. The van der Waals surface area contributed by atoms with Crippen LogP contribution in [0.25, 0.3) is 0 Å². The first kappa shape index (κ1) is 28.2. The highest BCUT2D eigenvalue weighted by molar-refractivity contribution is 5.83. The number of hydrogen-bond donors (Lipinski definition) is 2. The summed E-state index contributed by atoms with van der Waals surface area (Å²) < 4.78 is 79.5. The van der Waals surface area contributed by atoms with Crippen LogP contribution in [-0.2, 0) is 23.7 Å². The number of benzene rings is 2. The van der Waals surface area contributed by atoms with E-state index in [1.54, 1.807) is 12.1 Å². The van der Waals surface area contributed by atoms with E-state index in [0.717, 1.165) is 25.9 Å². The third-order valence-corrected chi connectivity index (χ3v) is 7.35. The predicted octanol–water partition coefficient (Wildman–Crippen LogP) is 5.74. The Hall–Kier alpha value is -2.79. The van der Waals surface area contributed by atoms with Gasteiger partial charge in [-0.1, -0.05) is 31.4 Å². The number of nitrogens with zero attached hydrogens (tertiary/aromatic N) is 2. The van der Waals surface area contributed by atoms with Crippen molar-refractivity contribution in [1.82, 2.24) is 15.1 Å². The molecule has 1 aliphatic carbocycles. The van der Waals surface area contributed by atoms with Gasteiger partial charge in [0.25, 0.3) is 0 Å². The predicted molar refractivity (Wildman–Crippen MR) is 129 cm³/mol. The van der Waals surface area contributed by atoms with Crippen LogP contribution in [0.5, 0.6) is 5.75 Å². The van der Waals surface area contributed by atoms with Crippen LogP contribution < -0.4 is 5.32 Å². The van der Waals surface area contributed by atoms with E-state index < -0.39 is 42.0 Å². The van der Waals surface area contributed by atoms with Crippen molar-refractivity contribution >= 4 is 5.91 Å². The molecule has 1 amide bonds. The molecule has 208 valence electrons. The highest BCUT2D eigenvalue weighted by atomic mass is 19.4. The zero-order valence-electron chi connectivity index (χ0n) is 20.8. The molecule has 2 aromatic carbocycles. The Morgan fingerprint density at radius 1 is 0.895 bits per heavy atom. The minimum Gasteiger partial charge on any atom is -0.508 e. The molecule has 0 bridgehead atoms. The molecule has 1 unspecified atom stereocenters. The minimum absolute atomic E-state index is 0.0474. The summed E-state index contributed by atoms with van der Waals surface area (Å²) in [5, 5.41) is 12.5. The van der Waals surface area contributed by atoms with E-state index in [4.69, 9.17) is 0 Å². The van der Waals surface area contributed by atoms with E-state index >= 15 is 0 Å². The SMILES string of the molecule is O=C(NCc1cc(C(F)(F)F)cc(C(F)(F)F)c1)C(c1cccc(O)c1)N1CCN(C2CCCCC2)CC1. The van der Waals surface area contributed by atoms with Crippen LogP contribution in [-0.4, -0.2) is 53.0 Å². The van der Waals surface area contributed by atoms with Gasteiger partial charge in [-0.25, -0.2) is 0 Å². The first-order chi connectivity index (χ1) is 17.9. The molecule has 2 aromatic rings. The largest absolute Gasteiger partial charge is 0.508 e. The first-order valence-corrected chi connectivity index (χ1v) is 12.7. The monoisotopic (exact) mass is 543 g/mol. The number of carbonyl (C=O) groups is 1. The van der Waals surface area contributed by atoms with Gasteiger partial charge in [0.15, 0.2) is 0 Å². The molecule has 11 heteroatoms. The molecule has 2 N–H and O–H groups in total. The lowest BCUT2D eigenvalue weighted by Crippen LogP contribution is -2.53. The average molecular weight is 544 g/mol. The fourth-order valence-electron chi connectivity index (χ4n) is 5.44. The van der Waals surface area contributed by atoms with Gasteiger partial charge in [-0.05, 0) is 54.3 Å². The fourth-order valence-corrected chi connectivity index (χ4v) is 5.44. The summed E-state index contributed by atoms with van der Waals surface area (Å²) in [7, 11) is 0. The number of phenolic OH excluding ortho intramolecular Hbond substituents is 1. The summed E-state index contributed by atoms with van der Waals surface area (Å²) in [4.78, 5) is 17.7. The van der Waals surface area contributed by atoms with E-state index in [-0.39, 0.29) is 17.4 Å². The zero-order chi connectivity index (χ0) is 27.5. The van der Waals surface area contributed by atoms with Gasteiger partial charge in [-0.3, -0.25) is 14.6 Å². The summed E-state index contributed by atoms with van der Waals surface area (Å²) in [6.07, 6.45) is -4.01. The van der Waals surface area contributed by atoms with Crippen molar-refractivity contribution in [2.24, 2.45) is 0 Å². The Balaban J connectivity index is 1.52. The second kappa shape index (κ2) is 11.5. The van der Waals surface area contributed by atoms with Crippen LogP contribution >= 0.6 is 0 Å². The Labute approximate surface area is 217 Å². The highest BCUT2D eigenvalue weighted by Crippen LogP contribution is 2.36. The van der Waals surface area contributed by atoms with E-state index in [1.807, 2.05) is 4.90 Å². The van der Waals surface area contributed by atoms with Crippen LogP contribution in [0.15, 0.2) is 42.5 Å². The summed E-state index contributed by atoms with van der Waals surface area (Å²) in [6, 6.07) is 7.11. The number of amides is 1. The number of aromatic hydroxyl groups is 1. The number of halogens is 6. The first-order valence-electron chi connectivity index (χ1n) is 12.7. The molecule has 1 saturated heterocycles. The van der Waals surface area contributed by atoms with E-state index in [9.17, 15) is 36.2 Å². The lowest BCUT2D eigenvalue weighted by Gasteiger charge is -2.43. The molecule has 38 heavy (non-hydrogen) atoms. The maximum atomic E-state index is 13.4. The van der Waals surface area contributed by atoms with E-state index in [0.29, 0.717) is 36.8 Å². The van der Waals surface area contributed by atoms with Crippen LogP contribution in [0.1, 0.15) is 60.4 Å². The third kappa shape index (κ3) is 6.99. The Morgan fingerprint density at radius 2 is 1.50 bits per heavy atom. The topological polar surface area (TPSA) is 55.8 Å². The molecule has 2 fully saturated rings. The summed E-state index contributed by atoms with van der Waals surface area (Å²) in [6.45, 7) is 2.10. The molecule has 0 aromatic heterocycles.